The van der Waals surface area contributed by atoms with E-state index >= 15 is 0 Å². The lowest BCUT2D eigenvalue weighted by molar-refractivity contribution is -0.127. The number of hydrogen-bond donors (Lipinski definition) is 1. The van der Waals surface area contributed by atoms with Crippen molar-refractivity contribution in [1.29, 1.82) is 0 Å². The summed E-state index contributed by atoms with van der Waals surface area (Å²) in [6.45, 7) is 3.19. The average molecular weight is 343 g/mol. The van der Waals surface area contributed by atoms with Crippen molar-refractivity contribution in [2.45, 2.75) is 32.2 Å². The molecule has 0 bridgehead atoms. The molecule has 3 rings (SSSR count). The van der Waals surface area contributed by atoms with Gasteiger partial charge in [0.15, 0.2) is 0 Å². The van der Waals surface area contributed by atoms with Gasteiger partial charge in [-0.3, -0.25) is 9.59 Å². The minimum atomic E-state index is -0.191. The van der Waals surface area contributed by atoms with Crippen molar-refractivity contribution in [2.24, 2.45) is 0 Å². The summed E-state index contributed by atoms with van der Waals surface area (Å²) in [6, 6.07) is 10.1. The molecule has 0 saturated carbocycles. The predicted octanol–water partition coefficient (Wildman–Crippen LogP) is 2.42. The van der Waals surface area contributed by atoms with E-state index in [1.807, 2.05) is 30.0 Å². The van der Waals surface area contributed by atoms with Crippen LogP contribution in [0.4, 0.5) is 0 Å². The van der Waals surface area contributed by atoms with Crippen LogP contribution in [0, 0.1) is 6.92 Å². The number of hydrogen-bond acceptors (Lipinski definition) is 4. The highest BCUT2D eigenvalue weighted by Crippen LogP contribution is 2.14. The molecule has 1 aromatic carbocycles. The SMILES string of the molecule is Cc1nc(C(=O)N[C@H]2CC(=O)N(CCCc3ccccc3)C2)cs1. The first-order valence-corrected chi connectivity index (χ1v) is 9.04. The number of thiazole rings is 1. The van der Waals surface area contributed by atoms with E-state index in [2.05, 4.69) is 22.4 Å². The number of carbonyl (C=O) groups excluding carboxylic acids is 2. The third kappa shape index (κ3) is 4.20. The standard InChI is InChI=1S/C18H21N3O2S/c1-13-19-16(12-24-13)18(23)20-15-10-17(22)21(11-15)9-5-8-14-6-3-2-4-7-14/h2-4,6-7,12,15H,5,8-11H2,1H3,(H,20,23)/t15-/m0/s1. The molecule has 2 amide bonds. The molecule has 5 nitrogen and oxygen atoms in total. The van der Waals surface area contributed by atoms with Crippen LogP contribution in [0.3, 0.4) is 0 Å². The number of aryl methyl sites for hydroxylation is 2. The smallest absolute Gasteiger partial charge is 0.271 e. The lowest BCUT2D eigenvalue weighted by Gasteiger charge is -2.17. The summed E-state index contributed by atoms with van der Waals surface area (Å²) in [5.41, 5.74) is 1.72. The van der Waals surface area contributed by atoms with Gasteiger partial charge in [0.25, 0.3) is 5.91 Å². The molecule has 1 saturated heterocycles. The molecule has 126 valence electrons. The van der Waals surface area contributed by atoms with Gasteiger partial charge in [-0.05, 0) is 25.3 Å². The van der Waals surface area contributed by atoms with Gasteiger partial charge in [-0.15, -0.1) is 11.3 Å². The maximum absolute atomic E-state index is 12.1. The Morgan fingerprint density at radius 3 is 2.88 bits per heavy atom. The summed E-state index contributed by atoms with van der Waals surface area (Å²) in [6.07, 6.45) is 2.27. The maximum Gasteiger partial charge on any atom is 0.271 e. The molecule has 1 atom stereocenters. The molecule has 2 heterocycles. The molecule has 2 aromatic rings. The molecule has 1 aliphatic rings. The Morgan fingerprint density at radius 1 is 1.38 bits per heavy atom. The van der Waals surface area contributed by atoms with Crippen molar-refractivity contribution in [2.75, 3.05) is 13.1 Å². The van der Waals surface area contributed by atoms with Crippen LogP contribution in [0.5, 0.6) is 0 Å². The zero-order chi connectivity index (χ0) is 16.9. The second kappa shape index (κ2) is 7.57. The topological polar surface area (TPSA) is 62.3 Å². The number of carbonyl (C=O) groups is 2. The van der Waals surface area contributed by atoms with Crippen molar-refractivity contribution < 1.29 is 9.59 Å². The van der Waals surface area contributed by atoms with Crippen molar-refractivity contribution in [3.05, 3.63) is 52.0 Å². The van der Waals surface area contributed by atoms with Crippen LogP contribution in [0.25, 0.3) is 0 Å². The van der Waals surface area contributed by atoms with Gasteiger partial charge < -0.3 is 10.2 Å². The number of benzene rings is 1. The summed E-state index contributed by atoms with van der Waals surface area (Å²) in [5, 5.41) is 5.53. The Balaban J connectivity index is 1.46. The Kier molecular flexibility index (Phi) is 5.25. The van der Waals surface area contributed by atoms with E-state index in [9.17, 15) is 9.59 Å². The van der Waals surface area contributed by atoms with Crippen LogP contribution in [0.1, 0.15) is 33.9 Å². The monoisotopic (exact) mass is 343 g/mol. The van der Waals surface area contributed by atoms with Crippen LogP contribution in [0.15, 0.2) is 35.7 Å². The van der Waals surface area contributed by atoms with E-state index in [0.29, 0.717) is 18.7 Å². The summed E-state index contributed by atoms with van der Waals surface area (Å²) in [7, 11) is 0. The zero-order valence-corrected chi connectivity index (χ0v) is 14.5. The van der Waals surface area contributed by atoms with E-state index in [4.69, 9.17) is 0 Å². The van der Waals surface area contributed by atoms with E-state index in [0.717, 1.165) is 24.4 Å². The van der Waals surface area contributed by atoms with Crippen LogP contribution in [-0.2, 0) is 11.2 Å². The first-order valence-electron chi connectivity index (χ1n) is 8.16. The first kappa shape index (κ1) is 16.6. The van der Waals surface area contributed by atoms with Crippen molar-refractivity contribution in [1.82, 2.24) is 15.2 Å². The van der Waals surface area contributed by atoms with Gasteiger partial charge in [-0.25, -0.2) is 4.98 Å². The quantitative estimate of drug-likeness (QED) is 0.876. The second-order valence-corrected chi connectivity index (χ2v) is 7.12. The van der Waals surface area contributed by atoms with Gasteiger partial charge in [0.2, 0.25) is 5.91 Å². The highest BCUT2D eigenvalue weighted by Gasteiger charge is 2.30. The lowest BCUT2D eigenvalue weighted by Crippen LogP contribution is -2.37. The van der Waals surface area contributed by atoms with Crippen molar-refractivity contribution in [3.8, 4) is 0 Å². The molecule has 0 unspecified atom stereocenters. The molecule has 6 heteroatoms. The summed E-state index contributed by atoms with van der Waals surface area (Å²) < 4.78 is 0. The number of amides is 2. The molecular formula is C18H21N3O2S. The summed E-state index contributed by atoms with van der Waals surface area (Å²) in [4.78, 5) is 30.3. The highest BCUT2D eigenvalue weighted by atomic mass is 32.1. The fourth-order valence-corrected chi connectivity index (χ4v) is 3.52. The molecular weight excluding hydrogens is 322 g/mol. The van der Waals surface area contributed by atoms with Crippen LogP contribution < -0.4 is 5.32 Å². The molecule has 1 N–H and O–H groups in total. The molecule has 1 fully saturated rings. The number of aromatic nitrogens is 1. The fourth-order valence-electron chi connectivity index (χ4n) is 2.93. The minimum absolute atomic E-state index is 0.114. The maximum atomic E-state index is 12.1. The van der Waals surface area contributed by atoms with Gasteiger partial charge in [0.1, 0.15) is 5.69 Å². The van der Waals surface area contributed by atoms with Gasteiger partial charge in [-0.1, -0.05) is 30.3 Å². The number of nitrogens with one attached hydrogen (secondary N) is 1. The second-order valence-electron chi connectivity index (χ2n) is 6.06. The van der Waals surface area contributed by atoms with Gasteiger partial charge in [0, 0.05) is 24.9 Å². The number of nitrogens with zero attached hydrogens (tertiary/aromatic N) is 2. The van der Waals surface area contributed by atoms with Crippen LogP contribution in [0.2, 0.25) is 0 Å². The normalized spacial score (nSPS) is 17.3. The van der Waals surface area contributed by atoms with Crippen molar-refractivity contribution >= 4 is 23.2 Å². The molecule has 0 radical (unpaired) electrons. The molecule has 24 heavy (non-hydrogen) atoms. The predicted molar refractivity (Wildman–Crippen MR) is 94.1 cm³/mol. The summed E-state index contributed by atoms with van der Waals surface area (Å²) in [5.74, 6) is -0.0777. The Bertz CT molecular complexity index is 714. The highest BCUT2D eigenvalue weighted by molar-refractivity contribution is 7.09. The summed E-state index contributed by atoms with van der Waals surface area (Å²) >= 11 is 1.45. The van der Waals surface area contributed by atoms with Gasteiger partial charge >= 0.3 is 0 Å². The zero-order valence-electron chi connectivity index (χ0n) is 13.7. The largest absolute Gasteiger partial charge is 0.346 e. The Morgan fingerprint density at radius 2 is 2.17 bits per heavy atom. The third-order valence-corrected chi connectivity index (χ3v) is 4.91. The van der Waals surface area contributed by atoms with Gasteiger partial charge in [0.05, 0.1) is 11.0 Å². The molecule has 0 spiro atoms. The third-order valence-electron chi connectivity index (χ3n) is 4.14. The van der Waals surface area contributed by atoms with E-state index in [1.165, 1.54) is 16.9 Å². The van der Waals surface area contributed by atoms with E-state index in [1.54, 1.807) is 5.38 Å². The first-order chi connectivity index (χ1) is 11.6. The van der Waals surface area contributed by atoms with E-state index < -0.39 is 0 Å². The number of likely N-dealkylation sites (tertiary alicyclic amines) is 1. The Labute approximate surface area is 145 Å². The molecule has 1 aliphatic heterocycles. The van der Waals surface area contributed by atoms with Crippen LogP contribution in [-0.4, -0.2) is 40.8 Å². The minimum Gasteiger partial charge on any atom is -0.346 e. The lowest BCUT2D eigenvalue weighted by atomic mass is 10.1. The van der Waals surface area contributed by atoms with E-state index in [-0.39, 0.29) is 17.9 Å². The Hall–Kier alpha value is -2.21. The van der Waals surface area contributed by atoms with Gasteiger partial charge in [-0.2, -0.15) is 0 Å². The van der Waals surface area contributed by atoms with Crippen molar-refractivity contribution in [3.63, 3.8) is 0 Å². The average Bonchev–Trinajstić information content (AvgIpc) is 3.15. The molecule has 1 aromatic heterocycles. The number of rotatable bonds is 6. The fraction of sp³-hybridized carbons (Fsp3) is 0.389. The van der Waals surface area contributed by atoms with Crippen LogP contribution >= 0.6 is 11.3 Å². The molecule has 0 aliphatic carbocycles.